The molecule has 2 heteroatoms. The molecule has 0 fully saturated rings. The highest BCUT2D eigenvalue weighted by molar-refractivity contribution is 5.66. The fourth-order valence-corrected chi connectivity index (χ4v) is 1.16. The molecule has 0 atom stereocenters. The highest BCUT2D eigenvalue weighted by Crippen LogP contribution is 2.12. The third-order valence-electron chi connectivity index (χ3n) is 2.00. The van der Waals surface area contributed by atoms with Gasteiger partial charge in [0.05, 0.1) is 0 Å². The zero-order valence-electron chi connectivity index (χ0n) is 9.05. The first-order chi connectivity index (χ1) is 7.24. The minimum Gasteiger partial charge on any atom is -0.378 e. The molecule has 0 radical (unpaired) electrons. The van der Waals surface area contributed by atoms with E-state index in [1.807, 2.05) is 38.4 Å². The summed E-state index contributed by atoms with van der Waals surface area (Å²) >= 11 is 0. The minimum absolute atomic E-state index is 0.763. The largest absolute Gasteiger partial charge is 0.378 e. The second-order valence-corrected chi connectivity index (χ2v) is 3.37. The van der Waals surface area contributed by atoms with Crippen molar-refractivity contribution >= 4 is 18.0 Å². The van der Waals surface area contributed by atoms with Crippen LogP contribution in [0.25, 0.3) is 6.08 Å². The molecule has 0 bridgehead atoms. The van der Waals surface area contributed by atoms with Crippen LogP contribution in [0, 0.1) is 0 Å². The van der Waals surface area contributed by atoms with Gasteiger partial charge in [0.1, 0.15) is 6.29 Å². The van der Waals surface area contributed by atoms with E-state index in [1.165, 1.54) is 11.8 Å². The lowest BCUT2D eigenvalue weighted by Gasteiger charge is -2.11. The van der Waals surface area contributed by atoms with E-state index in [0.29, 0.717) is 0 Å². The first-order valence-corrected chi connectivity index (χ1v) is 4.80. The molecule has 0 spiro atoms. The third-order valence-corrected chi connectivity index (χ3v) is 2.00. The molecule has 1 rings (SSSR count). The van der Waals surface area contributed by atoms with Crippen LogP contribution >= 0.6 is 0 Å². The van der Waals surface area contributed by atoms with Crippen LogP contribution in [0.3, 0.4) is 0 Å². The number of carbonyl (C=O) groups is 1. The van der Waals surface area contributed by atoms with Crippen LogP contribution in [0.4, 0.5) is 5.69 Å². The van der Waals surface area contributed by atoms with Gasteiger partial charge >= 0.3 is 0 Å². The summed E-state index contributed by atoms with van der Waals surface area (Å²) in [4.78, 5) is 12.1. The zero-order chi connectivity index (χ0) is 11.1. The fourth-order valence-electron chi connectivity index (χ4n) is 1.16. The standard InChI is InChI=1S/C13H15NO/c1-14(2)13-9-7-12(8-10-13)6-4-3-5-11-15/h3-11H,1-2H3/b5-3+,6-4+. The van der Waals surface area contributed by atoms with E-state index in [-0.39, 0.29) is 0 Å². The molecule has 0 saturated carbocycles. The number of carbonyl (C=O) groups excluding carboxylic acids is 1. The van der Waals surface area contributed by atoms with Gasteiger partial charge < -0.3 is 4.90 Å². The minimum atomic E-state index is 0.763. The highest BCUT2D eigenvalue weighted by atomic mass is 16.1. The molecule has 0 aliphatic carbocycles. The number of nitrogens with zero attached hydrogens (tertiary/aromatic N) is 1. The summed E-state index contributed by atoms with van der Waals surface area (Å²) in [5.74, 6) is 0. The predicted octanol–water partition coefficient (Wildman–Crippen LogP) is 2.52. The molecular formula is C13H15NO. The number of hydrogen-bond donors (Lipinski definition) is 0. The fraction of sp³-hybridized carbons (Fsp3) is 0.154. The summed E-state index contributed by atoms with van der Waals surface area (Å²) in [5.41, 5.74) is 2.30. The van der Waals surface area contributed by atoms with Gasteiger partial charge in [-0.3, -0.25) is 4.79 Å². The average Bonchev–Trinajstić information content (AvgIpc) is 2.25. The predicted molar refractivity (Wildman–Crippen MR) is 65.0 cm³/mol. The van der Waals surface area contributed by atoms with Gasteiger partial charge in [-0.05, 0) is 23.8 Å². The molecule has 1 aromatic carbocycles. The molecule has 2 nitrogen and oxygen atoms in total. The highest BCUT2D eigenvalue weighted by Gasteiger charge is 1.92. The van der Waals surface area contributed by atoms with E-state index in [2.05, 4.69) is 17.0 Å². The van der Waals surface area contributed by atoms with Gasteiger partial charge in [-0.25, -0.2) is 0 Å². The van der Waals surface area contributed by atoms with Crippen LogP contribution in [0.2, 0.25) is 0 Å². The molecule has 0 saturated heterocycles. The molecule has 0 heterocycles. The molecule has 0 N–H and O–H groups in total. The Balaban J connectivity index is 2.68. The van der Waals surface area contributed by atoms with Crippen molar-refractivity contribution in [3.63, 3.8) is 0 Å². The van der Waals surface area contributed by atoms with E-state index in [0.717, 1.165) is 11.8 Å². The Labute approximate surface area is 90.5 Å². The summed E-state index contributed by atoms with van der Waals surface area (Å²) in [5, 5.41) is 0. The van der Waals surface area contributed by atoms with Crippen molar-refractivity contribution in [2.24, 2.45) is 0 Å². The maximum atomic E-state index is 10.0. The number of rotatable bonds is 4. The zero-order valence-corrected chi connectivity index (χ0v) is 9.05. The van der Waals surface area contributed by atoms with Gasteiger partial charge in [-0.2, -0.15) is 0 Å². The third kappa shape index (κ3) is 3.81. The van der Waals surface area contributed by atoms with Gasteiger partial charge in [-0.15, -0.1) is 0 Å². The van der Waals surface area contributed by atoms with Gasteiger partial charge in [0, 0.05) is 19.8 Å². The van der Waals surface area contributed by atoms with E-state index in [4.69, 9.17) is 0 Å². The number of hydrogen-bond acceptors (Lipinski definition) is 2. The Bertz CT molecular complexity index is 361. The first-order valence-electron chi connectivity index (χ1n) is 4.80. The number of allylic oxidation sites excluding steroid dienone is 3. The van der Waals surface area contributed by atoms with Crippen LogP contribution in [-0.2, 0) is 4.79 Å². The van der Waals surface area contributed by atoms with Crippen LogP contribution in [0.15, 0.2) is 42.5 Å². The normalized spacial score (nSPS) is 11.1. The summed E-state index contributed by atoms with van der Waals surface area (Å²) in [6.07, 6.45) is 7.75. The first kappa shape index (κ1) is 11.2. The Hall–Kier alpha value is -1.83. The number of aldehydes is 1. The van der Waals surface area contributed by atoms with Crippen molar-refractivity contribution in [1.29, 1.82) is 0 Å². The molecule has 15 heavy (non-hydrogen) atoms. The van der Waals surface area contributed by atoms with Crippen LogP contribution in [0.5, 0.6) is 0 Å². The van der Waals surface area contributed by atoms with E-state index in [1.54, 1.807) is 6.08 Å². The molecule has 0 aliphatic rings. The van der Waals surface area contributed by atoms with Gasteiger partial charge in [0.25, 0.3) is 0 Å². The molecule has 1 aromatic rings. The maximum absolute atomic E-state index is 10.0. The quantitative estimate of drug-likeness (QED) is 0.424. The SMILES string of the molecule is CN(C)c1ccc(/C=C/C=C/C=O)cc1. The lowest BCUT2D eigenvalue weighted by atomic mass is 10.2. The monoisotopic (exact) mass is 201 g/mol. The van der Waals surface area contributed by atoms with Crippen LogP contribution in [-0.4, -0.2) is 20.4 Å². The second-order valence-electron chi connectivity index (χ2n) is 3.37. The Morgan fingerprint density at radius 1 is 1.00 bits per heavy atom. The van der Waals surface area contributed by atoms with Crippen molar-refractivity contribution in [3.8, 4) is 0 Å². The summed E-state index contributed by atoms with van der Waals surface area (Å²) in [6.45, 7) is 0. The lowest BCUT2D eigenvalue weighted by Crippen LogP contribution is -2.07. The van der Waals surface area contributed by atoms with Gasteiger partial charge in [0.15, 0.2) is 0 Å². The number of anilines is 1. The number of benzene rings is 1. The van der Waals surface area contributed by atoms with Crippen LogP contribution in [0.1, 0.15) is 5.56 Å². The maximum Gasteiger partial charge on any atom is 0.142 e. The molecule has 0 aromatic heterocycles. The van der Waals surface area contributed by atoms with Crippen molar-refractivity contribution in [3.05, 3.63) is 48.1 Å². The topological polar surface area (TPSA) is 20.3 Å². The Morgan fingerprint density at radius 3 is 2.20 bits per heavy atom. The van der Waals surface area contributed by atoms with Crippen molar-refractivity contribution in [2.75, 3.05) is 19.0 Å². The summed E-state index contributed by atoms with van der Waals surface area (Å²) in [7, 11) is 4.02. The smallest absolute Gasteiger partial charge is 0.142 e. The molecule has 0 aliphatic heterocycles. The molecule has 0 amide bonds. The molecular weight excluding hydrogens is 186 g/mol. The Kier molecular flexibility index (Phi) is 4.35. The van der Waals surface area contributed by atoms with Crippen molar-refractivity contribution in [2.45, 2.75) is 0 Å². The van der Waals surface area contributed by atoms with E-state index < -0.39 is 0 Å². The van der Waals surface area contributed by atoms with Gasteiger partial charge in [-0.1, -0.05) is 30.4 Å². The molecule has 78 valence electrons. The van der Waals surface area contributed by atoms with E-state index >= 15 is 0 Å². The Morgan fingerprint density at radius 2 is 1.67 bits per heavy atom. The average molecular weight is 201 g/mol. The summed E-state index contributed by atoms with van der Waals surface area (Å²) in [6, 6.07) is 8.20. The van der Waals surface area contributed by atoms with Crippen LogP contribution < -0.4 is 4.90 Å². The van der Waals surface area contributed by atoms with E-state index in [9.17, 15) is 4.79 Å². The van der Waals surface area contributed by atoms with Crippen molar-refractivity contribution < 1.29 is 4.79 Å². The second kappa shape index (κ2) is 5.81. The van der Waals surface area contributed by atoms with Crippen molar-refractivity contribution in [1.82, 2.24) is 0 Å². The molecule has 0 unspecified atom stereocenters. The lowest BCUT2D eigenvalue weighted by molar-refractivity contribution is -0.104. The summed E-state index contributed by atoms with van der Waals surface area (Å²) < 4.78 is 0. The van der Waals surface area contributed by atoms with Gasteiger partial charge in [0.2, 0.25) is 0 Å².